The van der Waals surface area contributed by atoms with Gasteiger partial charge in [0.25, 0.3) is 11.8 Å². The van der Waals surface area contributed by atoms with Gasteiger partial charge in [0, 0.05) is 29.9 Å². The molecule has 0 spiro atoms. The lowest BCUT2D eigenvalue weighted by molar-refractivity contribution is -0.159. The zero-order valence-electron chi connectivity index (χ0n) is 23.6. The van der Waals surface area contributed by atoms with Crippen LogP contribution in [0.2, 0.25) is 0 Å². The number of imide groups is 1. The normalized spacial score (nSPS) is 31.1. The van der Waals surface area contributed by atoms with E-state index in [4.69, 9.17) is 4.74 Å². The molecular weight excluding hydrogens is 494 g/mol. The molecule has 3 aliphatic rings. The van der Waals surface area contributed by atoms with Crippen LogP contribution in [-0.4, -0.2) is 52.3 Å². The highest BCUT2D eigenvalue weighted by atomic mass is 16.5. The Labute approximate surface area is 232 Å². The Morgan fingerprint density at radius 2 is 1.90 bits per heavy atom. The topological polar surface area (TPSA) is 101 Å². The summed E-state index contributed by atoms with van der Waals surface area (Å²) in [6, 6.07) is 0. The summed E-state index contributed by atoms with van der Waals surface area (Å²) in [6.45, 7) is 17.2. The monoisotopic (exact) mass is 537 g/mol. The molecule has 0 aromatic carbocycles. The number of Topliss-reactive ketones (excluding diaryl/α,β-unsaturated/α-hetero) is 1. The van der Waals surface area contributed by atoms with Crippen molar-refractivity contribution in [3.63, 3.8) is 0 Å². The Kier molecular flexibility index (Phi) is 10.1. The first kappa shape index (κ1) is 30.5. The molecule has 212 valence electrons. The lowest BCUT2D eigenvalue weighted by Crippen LogP contribution is -2.56. The Balaban J connectivity index is 2.03. The van der Waals surface area contributed by atoms with Crippen LogP contribution in [0.25, 0.3) is 0 Å². The second-order valence-electron chi connectivity index (χ2n) is 11.3. The SMILES string of the molecule is C=CCOC(=O)C1CC(C)C2C(C(=O)C3=C(C(C=C)CCCCC)C(=O)N(CC=C)C3=O)C(C)C=CC2(O)C1. The van der Waals surface area contributed by atoms with Gasteiger partial charge in [-0.1, -0.05) is 77.0 Å². The number of hydrogen-bond acceptors (Lipinski definition) is 6. The van der Waals surface area contributed by atoms with Crippen LogP contribution in [-0.2, 0) is 23.9 Å². The smallest absolute Gasteiger partial charge is 0.309 e. The third-order valence-electron chi connectivity index (χ3n) is 8.58. The number of carbonyl (C=O) groups excluding carboxylic acids is 4. The number of esters is 1. The molecule has 0 bridgehead atoms. The maximum Gasteiger partial charge on any atom is 0.309 e. The molecule has 1 fully saturated rings. The van der Waals surface area contributed by atoms with Gasteiger partial charge in [0.15, 0.2) is 5.78 Å². The molecule has 39 heavy (non-hydrogen) atoms. The summed E-state index contributed by atoms with van der Waals surface area (Å²) in [6.07, 6.45) is 12.1. The van der Waals surface area contributed by atoms with Gasteiger partial charge in [-0.15, -0.1) is 13.2 Å². The molecular formula is C32H43NO6. The second-order valence-corrected chi connectivity index (χ2v) is 11.3. The highest BCUT2D eigenvalue weighted by Crippen LogP contribution is 2.52. The molecule has 7 nitrogen and oxygen atoms in total. The van der Waals surface area contributed by atoms with Crippen molar-refractivity contribution in [2.45, 2.75) is 64.9 Å². The molecule has 2 aliphatic carbocycles. The molecule has 0 aromatic rings. The highest BCUT2D eigenvalue weighted by molar-refractivity contribution is 6.33. The van der Waals surface area contributed by atoms with E-state index in [9.17, 15) is 24.3 Å². The van der Waals surface area contributed by atoms with E-state index in [2.05, 4.69) is 26.7 Å². The third kappa shape index (κ3) is 5.93. The van der Waals surface area contributed by atoms with E-state index in [1.807, 2.05) is 13.8 Å². The number of unbranched alkanes of at least 4 members (excludes halogenated alkanes) is 2. The fourth-order valence-electron chi connectivity index (χ4n) is 6.78. The van der Waals surface area contributed by atoms with E-state index in [0.29, 0.717) is 12.8 Å². The van der Waals surface area contributed by atoms with E-state index in [0.717, 1.165) is 24.2 Å². The molecule has 1 N–H and O–H groups in total. The van der Waals surface area contributed by atoms with Crippen LogP contribution in [0, 0.1) is 35.5 Å². The van der Waals surface area contributed by atoms with Crippen molar-refractivity contribution in [3.8, 4) is 0 Å². The van der Waals surface area contributed by atoms with E-state index >= 15 is 0 Å². The number of hydrogen-bond donors (Lipinski definition) is 1. The van der Waals surface area contributed by atoms with Gasteiger partial charge in [-0.3, -0.25) is 24.1 Å². The summed E-state index contributed by atoms with van der Waals surface area (Å²) in [7, 11) is 0. The Morgan fingerprint density at radius 1 is 1.18 bits per heavy atom. The fraction of sp³-hybridized carbons (Fsp3) is 0.562. The van der Waals surface area contributed by atoms with E-state index in [1.165, 1.54) is 12.2 Å². The molecule has 3 rings (SSSR count). The average molecular weight is 538 g/mol. The van der Waals surface area contributed by atoms with Gasteiger partial charge in [-0.05, 0) is 31.1 Å². The highest BCUT2D eigenvalue weighted by Gasteiger charge is 2.56. The standard InChI is InChI=1S/C32H43NO6/c1-7-11-12-13-22(10-4)25-26(30(36)33(16-8-2)29(25)35)28(34)24-20(5)14-15-32(38)19-23(18-21(6)27(24)32)31(37)39-17-9-3/h8-10,14-15,20-24,27,38H,2-4,7,11-13,16-19H2,1,5-6H3. The predicted octanol–water partition coefficient (Wildman–Crippen LogP) is 4.73. The maximum atomic E-state index is 14.4. The van der Waals surface area contributed by atoms with Crippen LogP contribution in [0.5, 0.6) is 0 Å². The van der Waals surface area contributed by atoms with E-state index in [1.54, 1.807) is 18.2 Å². The van der Waals surface area contributed by atoms with Gasteiger partial charge in [-0.25, -0.2) is 0 Å². The minimum absolute atomic E-state index is 0.00909. The van der Waals surface area contributed by atoms with Crippen molar-refractivity contribution in [1.29, 1.82) is 0 Å². The van der Waals surface area contributed by atoms with E-state index < -0.39 is 52.8 Å². The predicted molar refractivity (Wildman–Crippen MR) is 150 cm³/mol. The largest absolute Gasteiger partial charge is 0.461 e. The third-order valence-corrected chi connectivity index (χ3v) is 8.58. The Morgan fingerprint density at radius 3 is 2.51 bits per heavy atom. The molecule has 7 heteroatoms. The van der Waals surface area contributed by atoms with Crippen LogP contribution >= 0.6 is 0 Å². The number of aliphatic hydroxyl groups is 1. The number of ketones is 1. The van der Waals surface area contributed by atoms with Crippen molar-refractivity contribution >= 4 is 23.6 Å². The van der Waals surface area contributed by atoms with Crippen LogP contribution < -0.4 is 0 Å². The number of rotatable bonds is 13. The van der Waals surface area contributed by atoms with Gasteiger partial charge >= 0.3 is 5.97 Å². The number of fused-ring (bicyclic) bond motifs is 1. The Hall–Kier alpha value is -3.06. The molecule has 0 radical (unpaired) electrons. The quantitative estimate of drug-likeness (QED) is 0.120. The molecule has 1 aliphatic heterocycles. The number of amides is 2. The van der Waals surface area contributed by atoms with Gasteiger partial charge in [0.1, 0.15) is 6.61 Å². The van der Waals surface area contributed by atoms with Crippen molar-refractivity contribution in [1.82, 2.24) is 4.90 Å². The molecule has 0 aromatic heterocycles. The average Bonchev–Trinajstić information content (AvgIpc) is 3.14. The van der Waals surface area contributed by atoms with Gasteiger partial charge in [-0.2, -0.15) is 0 Å². The van der Waals surface area contributed by atoms with Crippen LogP contribution in [0.15, 0.2) is 61.3 Å². The zero-order valence-corrected chi connectivity index (χ0v) is 23.6. The van der Waals surface area contributed by atoms with Crippen molar-refractivity contribution in [2.24, 2.45) is 35.5 Å². The molecule has 2 amide bonds. The minimum atomic E-state index is -1.42. The van der Waals surface area contributed by atoms with Crippen LogP contribution in [0.4, 0.5) is 0 Å². The first-order chi connectivity index (χ1) is 18.6. The number of nitrogens with zero attached hydrogens (tertiary/aromatic N) is 1. The number of allylic oxidation sites excluding steroid dienone is 2. The molecule has 7 unspecified atom stereocenters. The summed E-state index contributed by atoms with van der Waals surface area (Å²) in [5.74, 6) is -4.60. The molecule has 7 atom stereocenters. The minimum Gasteiger partial charge on any atom is -0.461 e. The lowest BCUT2D eigenvalue weighted by Gasteiger charge is -2.51. The molecule has 0 saturated heterocycles. The van der Waals surface area contributed by atoms with E-state index in [-0.39, 0.29) is 42.6 Å². The van der Waals surface area contributed by atoms with Crippen LogP contribution in [0.3, 0.4) is 0 Å². The summed E-state index contributed by atoms with van der Waals surface area (Å²) in [5.41, 5.74) is -1.30. The number of ether oxygens (including phenoxy) is 1. The van der Waals surface area contributed by atoms with Crippen molar-refractivity contribution in [3.05, 3.63) is 61.3 Å². The van der Waals surface area contributed by atoms with Gasteiger partial charge < -0.3 is 9.84 Å². The van der Waals surface area contributed by atoms with Crippen molar-refractivity contribution in [2.75, 3.05) is 13.2 Å². The second kappa shape index (κ2) is 12.9. The molecule has 1 saturated carbocycles. The van der Waals surface area contributed by atoms with Gasteiger partial charge in [0.2, 0.25) is 0 Å². The summed E-state index contributed by atoms with van der Waals surface area (Å²) in [5, 5.41) is 11.8. The molecule has 1 heterocycles. The zero-order chi connectivity index (χ0) is 28.9. The summed E-state index contributed by atoms with van der Waals surface area (Å²) in [4.78, 5) is 55.3. The van der Waals surface area contributed by atoms with Crippen LogP contribution in [0.1, 0.15) is 59.3 Å². The lowest BCUT2D eigenvalue weighted by atomic mass is 9.55. The fourth-order valence-corrected chi connectivity index (χ4v) is 6.78. The maximum absolute atomic E-state index is 14.4. The summed E-state index contributed by atoms with van der Waals surface area (Å²) < 4.78 is 5.26. The number of carbonyl (C=O) groups is 4. The summed E-state index contributed by atoms with van der Waals surface area (Å²) >= 11 is 0. The first-order valence-corrected chi connectivity index (χ1v) is 14.1. The van der Waals surface area contributed by atoms with Gasteiger partial charge in [0.05, 0.1) is 17.1 Å². The Bertz CT molecular complexity index is 1090. The first-order valence-electron chi connectivity index (χ1n) is 14.1. The van der Waals surface area contributed by atoms with Crippen molar-refractivity contribution < 1.29 is 29.0 Å².